The summed E-state index contributed by atoms with van der Waals surface area (Å²) in [7, 11) is 0. The lowest BCUT2D eigenvalue weighted by atomic mass is 10.4. The number of aliphatic imine (C=N–C) groups is 2. The Kier molecular flexibility index (Phi) is 2.75. The molecule has 2 unspecified atom stereocenters. The number of aromatic amines is 2. The van der Waals surface area contributed by atoms with E-state index in [4.69, 9.17) is 0 Å². The second kappa shape index (κ2) is 5.05. The van der Waals surface area contributed by atoms with E-state index in [0.717, 1.165) is 34.3 Å². The van der Waals surface area contributed by atoms with Gasteiger partial charge in [0.15, 0.2) is 6.17 Å². The van der Waals surface area contributed by atoms with E-state index >= 15 is 0 Å². The van der Waals surface area contributed by atoms with Gasteiger partial charge in [-0.05, 0) is 48.6 Å². The molecule has 5 rings (SSSR count). The third kappa shape index (κ3) is 2.43. The van der Waals surface area contributed by atoms with Crippen LogP contribution in [0.4, 0.5) is 11.6 Å². The molecule has 8 heteroatoms. The lowest BCUT2D eigenvalue weighted by Gasteiger charge is -2.07. The third-order valence-corrected chi connectivity index (χ3v) is 3.81. The molecule has 8 bridgehead atoms. The summed E-state index contributed by atoms with van der Waals surface area (Å²) in [6, 6.07) is 7.63. The number of nitrogens with one attached hydrogen (secondary N) is 4. The number of hydrogen-bond acceptors (Lipinski definition) is 6. The van der Waals surface area contributed by atoms with Crippen LogP contribution >= 0.6 is 0 Å². The van der Waals surface area contributed by atoms with Gasteiger partial charge in [0.2, 0.25) is 0 Å². The van der Waals surface area contributed by atoms with Crippen LogP contribution in [0.1, 0.15) is 0 Å². The molecule has 5 heterocycles. The smallest absolute Gasteiger partial charge is 0.163 e. The summed E-state index contributed by atoms with van der Waals surface area (Å²) >= 11 is 0. The molecule has 8 nitrogen and oxygen atoms in total. The van der Waals surface area contributed by atoms with Gasteiger partial charge in [-0.1, -0.05) is 0 Å². The van der Waals surface area contributed by atoms with Crippen molar-refractivity contribution in [3.63, 3.8) is 0 Å². The van der Waals surface area contributed by atoms with E-state index in [1.54, 1.807) is 0 Å². The molecule has 4 N–H and O–H groups in total. The number of anilines is 1. The number of fused-ring (bicyclic) bond motifs is 6. The number of amidine groups is 2. The Bertz CT molecular complexity index is 1030. The maximum Gasteiger partial charge on any atom is 0.163 e. The predicted octanol–water partition coefficient (Wildman–Crippen LogP) is 0.518. The summed E-state index contributed by atoms with van der Waals surface area (Å²) < 4.78 is 0. The summed E-state index contributed by atoms with van der Waals surface area (Å²) in [5.41, 5.74) is 1.48. The Morgan fingerprint density at radius 1 is 0.792 bits per heavy atom. The van der Waals surface area contributed by atoms with Gasteiger partial charge in [0.05, 0.1) is 0 Å². The van der Waals surface area contributed by atoms with Gasteiger partial charge < -0.3 is 20.6 Å². The number of hydrogen-bond donors (Lipinski definition) is 4. The fraction of sp³-hybridized carbons (Fsp3) is 0.125. The van der Waals surface area contributed by atoms with E-state index in [2.05, 4.69) is 40.6 Å². The summed E-state index contributed by atoms with van der Waals surface area (Å²) in [6.45, 7) is 0. The second-order valence-electron chi connectivity index (χ2n) is 5.60. The minimum atomic E-state index is -0.246. The summed E-state index contributed by atoms with van der Waals surface area (Å²) in [6.07, 6.45) is 7.38. The SMILES string of the molecule is C1=CC2N=C1NC1=NC(C=C1)Nc1ccc([nH]1)N=c1ccc([nH]1)=N2. The van der Waals surface area contributed by atoms with Crippen LogP contribution in [0.15, 0.2) is 68.5 Å². The molecule has 2 aromatic rings. The van der Waals surface area contributed by atoms with Gasteiger partial charge in [0, 0.05) is 0 Å². The molecular formula is C16H14N8. The first-order valence-electron chi connectivity index (χ1n) is 7.66. The first kappa shape index (κ1) is 13.1. The van der Waals surface area contributed by atoms with Crippen LogP contribution in [-0.4, -0.2) is 34.0 Å². The monoisotopic (exact) mass is 318 g/mol. The zero-order valence-corrected chi connectivity index (χ0v) is 12.6. The predicted molar refractivity (Wildman–Crippen MR) is 91.0 cm³/mol. The molecule has 0 aliphatic carbocycles. The molecular weight excluding hydrogens is 304 g/mol. The molecule has 0 spiro atoms. The zero-order chi connectivity index (χ0) is 15.9. The molecule has 118 valence electrons. The van der Waals surface area contributed by atoms with E-state index in [1.165, 1.54) is 0 Å². The van der Waals surface area contributed by atoms with Crippen molar-refractivity contribution in [2.75, 3.05) is 5.32 Å². The fourth-order valence-electron chi connectivity index (χ4n) is 2.73. The summed E-state index contributed by atoms with van der Waals surface area (Å²) in [4.78, 5) is 24.5. The van der Waals surface area contributed by atoms with E-state index in [-0.39, 0.29) is 12.3 Å². The van der Waals surface area contributed by atoms with Crippen LogP contribution in [0, 0.1) is 0 Å². The fourth-order valence-corrected chi connectivity index (χ4v) is 2.73. The number of rotatable bonds is 0. The van der Waals surface area contributed by atoms with Gasteiger partial charge >= 0.3 is 0 Å². The van der Waals surface area contributed by atoms with Crippen molar-refractivity contribution in [1.29, 1.82) is 0 Å². The molecule has 2 atom stereocenters. The maximum absolute atomic E-state index is 4.56. The molecule has 3 aliphatic heterocycles. The molecule has 0 saturated heterocycles. The van der Waals surface area contributed by atoms with Crippen LogP contribution in [0.2, 0.25) is 0 Å². The average Bonchev–Trinajstić information content (AvgIpc) is 3.32. The summed E-state index contributed by atoms with van der Waals surface area (Å²) in [5.74, 6) is 3.12. The number of aromatic nitrogens is 2. The van der Waals surface area contributed by atoms with Crippen LogP contribution in [0.25, 0.3) is 0 Å². The van der Waals surface area contributed by atoms with Gasteiger partial charge in [0.25, 0.3) is 0 Å². The standard InChI is InChI=1S/C16H14N8/c1-2-10-17-9(1)21-11-3-4-13(18-11)23-15-7-8-16(20-15)24-14-6-5-12(19-14)22-10/h1-9,14,18,21H,(H,17,19,22)(H,20,23,24). The maximum atomic E-state index is 4.56. The Labute approximate surface area is 136 Å². The van der Waals surface area contributed by atoms with E-state index in [0.29, 0.717) is 0 Å². The highest BCUT2D eigenvalue weighted by Crippen LogP contribution is 2.17. The lowest BCUT2D eigenvalue weighted by molar-refractivity contribution is 0.839. The third-order valence-electron chi connectivity index (χ3n) is 3.81. The largest absolute Gasteiger partial charge is 0.347 e. The topological polar surface area (TPSA) is 105 Å². The van der Waals surface area contributed by atoms with Crippen molar-refractivity contribution < 1.29 is 0 Å². The van der Waals surface area contributed by atoms with E-state index in [1.807, 2.05) is 48.6 Å². The Hall–Kier alpha value is -3.42. The van der Waals surface area contributed by atoms with Crippen molar-refractivity contribution >= 4 is 23.3 Å². The van der Waals surface area contributed by atoms with Crippen LogP contribution in [-0.2, 0) is 0 Å². The Morgan fingerprint density at radius 2 is 1.67 bits per heavy atom. The van der Waals surface area contributed by atoms with Gasteiger partial charge in [-0.25, -0.2) is 20.0 Å². The molecule has 3 aliphatic rings. The molecule has 0 amide bonds. The van der Waals surface area contributed by atoms with E-state index < -0.39 is 0 Å². The van der Waals surface area contributed by atoms with Gasteiger partial charge in [-0.2, -0.15) is 0 Å². The lowest BCUT2D eigenvalue weighted by Crippen LogP contribution is -2.27. The first-order chi connectivity index (χ1) is 11.8. The minimum absolute atomic E-state index is 0.129. The minimum Gasteiger partial charge on any atom is -0.347 e. The van der Waals surface area contributed by atoms with Gasteiger partial charge in [-0.15, -0.1) is 0 Å². The van der Waals surface area contributed by atoms with Gasteiger partial charge in [0.1, 0.15) is 40.4 Å². The molecule has 24 heavy (non-hydrogen) atoms. The van der Waals surface area contributed by atoms with Crippen molar-refractivity contribution in [2.24, 2.45) is 20.0 Å². The normalized spacial score (nSPS) is 23.7. The molecule has 2 aromatic heterocycles. The number of nitrogens with zero attached hydrogens (tertiary/aromatic N) is 4. The van der Waals surface area contributed by atoms with Gasteiger partial charge in [-0.3, -0.25) is 0 Å². The van der Waals surface area contributed by atoms with Crippen molar-refractivity contribution in [3.8, 4) is 0 Å². The zero-order valence-electron chi connectivity index (χ0n) is 12.6. The average molecular weight is 318 g/mol. The van der Waals surface area contributed by atoms with Crippen LogP contribution in [0.5, 0.6) is 0 Å². The van der Waals surface area contributed by atoms with Crippen LogP contribution < -0.4 is 21.6 Å². The van der Waals surface area contributed by atoms with Crippen molar-refractivity contribution in [2.45, 2.75) is 12.3 Å². The number of H-pyrrole nitrogens is 2. The highest BCUT2D eigenvalue weighted by Gasteiger charge is 2.15. The quantitative estimate of drug-likeness (QED) is 0.568. The molecule has 0 aromatic carbocycles. The molecule has 0 radical (unpaired) electrons. The highest BCUT2D eigenvalue weighted by atomic mass is 15.2. The van der Waals surface area contributed by atoms with E-state index in [9.17, 15) is 0 Å². The van der Waals surface area contributed by atoms with Crippen LogP contribution in [0.3, 0.4) is 0 Å². The van der Waals surface area contributed by atoms with Crippen molar-refractivity contribution in [3.05, 3.63) is 59.5 Å². The molecule has 0 saturated carbocycles. The van der Waals surface area contributed by atoms with Crippen molar-refractivity contribution in [1.82, 2.24) is 15.3 Å². The molecule has 0 fully saturated rings. The Morgan fingerprint density at radius 3 is 2.67 bits per heavy atom. The first-order valence-corrected chi connectivity index (χ1v) is 7.66. The Balaban J connectivity index is 1.60. The highest BCUT2D eigenvalue weighted by molar-refractivity contribution is 6.11. The summed E-state index contributed by atoms with van der Waals surface area (Å²) in [5, 5.41) is 6.51. The second-order valence-corrected chi connectivity index (χ2v) is 5.60.